The molecule has 0 saturated heterocycles. The fourth-order valence-electron chi connectivity index (χ4n) is 1.53. The van der Waals surface area contributed by atoms with Gasteiger partial charge in [0.15, 0.2) is 0 Å². The van der Waals surface area contributed by atoms with Crippen molar-refractivity contribution in [1.29, 1.82) is 0 Å². The highest BCUT2D eigenvalue weighted by molar-refractivity contribution is 7.92. The number of aromatic hydroxyl groups is 1. The van der Waals surface area contributed by atoms with Crippen LogP contribution in [0.1, 0.15) is 26.3 Å². The molecule has 0 aromatic heterocycles. The van der Waals surface area contributed by atoms with Gasteiger partial charge in [-0.05, 0) is 31.4 Å². The molecule has 0 radical (unpaired) electrons. The molecule has 96 valence electrons. The molecule has 5 heteroatoms. The number of anilines is 1. The van der Waals surface area contributed by atoms with Gasteiger partial charge in [0.05, 0.1) is 11.4 Å². The van der Waals surface area contributed by atoms with E-state index in [0.717, 1.165) is 0 Å². The second-order valence-electron chi connectivity index (χ2n) is 4.41. The molecule has 0 saturated carbocycles. The largest absolute Gasteiger partial charge is 0.508 e. The summed E-state index contributed by atoms with van der Waals surface area (Å²) in [6, 6.07) is 4.87. The third kappa shape index (κ3) is 3.93. The van der Waals surface area contributed by atoms with Crippen LogP contribution in [0.5, 0.6) is 5.75 Å². The van der Waals surface area contributed by atoms with E-state index in [9.17, 15) is 13.5 Å². The lowest BCUT2D eigenvalue weighted by molar-refractivity contribution is 0.463. The van der Waals surface area contributed by atoms with Crippen molar-refractivity contribution in [2.24, 2.45) is 5.92 Å². The molecule has 0 heterocycles. The highest BCUT2D eigenvalue weighted by atomic mass is 32.2. The molecule has 0 fully saturated rings. The number of nitrogens with one attached hydrogen (secondary N) is 1. The fourth-order valence-corrected chi connectivity index (χ4v) is 2.20. The number of rotatable bonds is 5. The van der Waals surface area contributed by atoms with Gasteiger partial charge in [-0.25, -0.2) is 8.42 Å². The zero-order valence-corrected chi connectivity index (χ0v) is 11.2. The van der Waals surface area contributed by atoms with Crippen LogP contribution in [0.3, 0.4) is 0 Å². The summed E-state index contributed by atoms with van der Waals surface area (Å²) in [5, 5.41) is 9.77. The SMILES string of the molecule is CCS(=O)(=O)Nc1cccc(O)c1CC(C)C. The minimum Gasteiger partial charge on any atom is -0.508 e. The normalized spacial score (nSPS) is 11.8. The van der Waals surface area contributed by atoms with Crippen LogP contribution < -0.4 is 4.72 Å². The zero-order chi connectivity index (χ0) is 13.1. The van der Waals surface area contributed by atoms with Crippen molar-refractivity contribution in [3.05, 3.63) is 23.8 Å². The molecular weight excluding hydrogens is 238 g/mol. The Morgan fingerprint density at radius 1 is 1.35 bits per heavy atom. The Bertz CT molecular complexity index is 481. The minimum absolute atomic E-state index is 0.0176. The first-order valence-corrected chi connectivity index (χ1v) is 7.32. The summed E-state index contributed by atoms with van der Waals surface area (Å²) in [5.41, 5.74) is 1.13. The van der Waals surface area contributed by atoms with E-state index in [1.165, 1.54) is 0 Å². The lowest BCUT2D eigenvalue weighted by Crippen LogP contribution is -2.16. The molecule has 1 rings (SSSR count). The van der Waals surface area contributed by atoms with Crippen LogP contribution in [0.2, 0.25) is 0 Å². The first kappa shape index (κ1) is 13.8. The standard InChI is InChI=1S/C12H19NO3S/c1-4-17(15,16)13-11-6-5-7-12(14)10(11)8-9(2)3/h5-7,9,13-14H,4,8H2,1-3H3. The van der Waals surface area contributed by atoms with Crippen LogP contribution >= 0.6 is 0 Å². The number of hydrogen-bond donors (Lipinski definition) is 2. The van der Waals surface area contributed by atoms with Crippen molar-refractivity contribution in [3.8, 4) is 5.75 Å². The van der Waals surface area contributed by atoms with Gasteiger partial charge in [-0.1, -0.05) is 19.9 Å². The molecule has 0 spiro atoms. The van der Waals surface area contributed by atoms with Crippen molar-refractivity contribution >= 4 is 15.7 Å². The highest BCUT2D eigenvalue weighted by Gasteiger charge is 2.14. The van der Waals surface area contributed by atoms with E-state index in [4.69, 9.17) is 0 Å². The van der Waals surface area contributed by atoms with Gasteiger partial charge in [-0.15, -0.1) is 0 Å². The molecule has 17 heavy (non-hydrogen) atoms. The quantitative estimate of drug-likeness (QED) is 0.851. The van der Waals surface area contributed by atoms with E-state index < -0.39 is 10.0 Å². The summed E-state index contributed by atoms with van der Waals surface area (Å²) in [5.74, 6) is 0.493. The number of benzene rings is 1. The van der Waals surface area contributed by atoms with Gasteiger partial charge in [0.1, 0.15) is 5.75 Å². The van der Waals surface area contributed by atoms with Gasteiger partial charge in [0.2, 0.25) is 10.0 Å². The minimum atomic E-state index is -3.31. The maximum atomic E-state index is 11.5. The van der Waals surface area contributed by atoms with Crippen LogP contribution in [0.15, 0.2) is 18.2 Å². The van der Waals surface area contributed by atoms with Gasteiger partial charge in [0.25, 0.3) is 0 Å². The molecule has 1 aromatic rings. The lowest BCUT2D eigenvalue weighted by Gasteiger charge is -2.14. The molecular formula is C12H19NO3S. The van der Waals surface area contributed by atoms with E-state index in [-0.39, 0.29) is 11.5 Å². The van der Waals surface area contributed by atoms with Crippen molar-refractivity contribution in [3.63, 3.8) is 0 Å². The monoisotopic (exact) mass is 257 g/mol. The van der Waals surface area contributed by atoms with Crippen molar-refractivity contribution in [2.75, 3.05) is 10.5 Å². The van der Waals surface area contributed by atoms with E-state index in [1.54, 1.807) is 25.1 Å². The summed E-state index contributed by atoms with van der Waals surface area (Å²) >= 11 is 0. The molecule has 0 bridgehead atoms. The number of phenols is 1. The van der Waals surface area contributed by atoms with Gasteiger partial charge < -0.3 is 5.11 Å². The maximum absolute atomic E-state index is 11.5. The molecule has 1 aromatic carbocycles. The van der Waals surface area contributed by atoms with Crippen molar-refractivity contribution in [1.82, 2.24) is 0 Å². The number of phenolic OH excluding ortho intramolecular Hbond substituents is 1. The molecule has 0 atom stereocenters. The van der Waals surface area contributed by atoms with Crippen LogP contribution in [-0.4, -0.2) is 19.3 Å². The summed E-state index contributed by atoms with van der Waals surface area (Å²) in [6.07, 6.45) is 0.633. The van der Waals surface area contributed by atoms with Gasteiger partial charge in [0, 0.05) is 5.56 Å². The Labute approximate surface area is 103 Å². The van der Waals surface area contributed by atoms with E-state index in [1.807, 2.05) is 13.8 Å². The Kier molecular flexibility index (Phi) is 4.40. The molecule has 4 nitrogen and oxygen atoms in total. The molecule has 0 aliphatic heterocycles. The van der Waals surface area contributed by atoms with Gasteiger partial charge in [-0.2, -0.15) is 0 Å². The van der Waals surface area contributed by atoms with Gasteiger partial charge >= 0.3 is 0 Å². The summed E-state index contributed by atoms with van der Waals surface area (Å²) in [4.78, 5) is 0. The molecule has 0 unspecified atom stereocenters. The maximum Gasteiger partial charge on any atom is 0.232 e. The predicted octanol–water partition coefficient (Wildman–Crippen LogP) is 2.35. The van der Waals surface area contributed by atoms with Gasteiger partial charge in [-0.3, -0.25) is 4.72 Å². The Morgan fingerprint density at radius 3 is 2.53 bits per heavy atom. The molecule has 0 aliphatic rings. The van der Waals surface area contributed by atoms with E-state index in [0.29, 0.717) is 23.6 Å². The summed E-state index contributed by atoms with van der Waals surface area (Å²) in [6.45, 7) is 5.61. The van der Waals surface area contributed by atoms with Crippen LogP contribution in [0.25, 0.3) is 0 Å². The predicted molar refractivity (Wildman–Crippen MR) is 69.7 cm³/mol. The average Bonchev–Trinajstić information content (AvgIpc) is 2.22. The first-order valence-electron chi connectivity index (χ1n) is 5.67. The topological polar surface area (TPSA) is 66.4 Å². The zero-order valence-electron chi connectivity index (χ0n) is 10.4. The Balaban J connectivity index is 3.11. The summed E-state index contributed by atoms with van der Waals surface area (Å²) in [7, 11) is -3.31. The van der Waals surface area contributed by atoms with Crippen LogP contribution in [-0.2, 0) is 16.4 Å². The smallest absolute Gasteiger partial charge is 0.232 e. The summed E-state index contributed by atoms with van der Waals surface area (Å²) < 4.78 is 25.5. The van der Waals surface area contributed by atoms with Crippen molar-refractivity contribution in [2.45, 2.75) is 27.2 Å². The lowest BCUT2D eigenvalue weighted by atomic mass is 10.0. The third-order valence-corrected chi connectivity index (χ3v) is 3.70. The van der Waals surface area contributed by atoms with Crippen molar-refractivity contribution < 1.29 is 13.5 Å². The molecule has 2 N–H and O–H groups in total. The first-order chi connectivity index (χ1) is 7.85. The molecule has 0 aliphatic carbocycles. The Morgan fingerprint density at radius 2 is 2.00 bits per heavy atom. The van der Waals surface area contributed by atoms with E-state index in [2.05, 4.69) is 4.72 Å². The van der Waals surface area contributed by atoms with Crippen LogP contribution in [0, 0.1) is 5.92 Å². The number of hydrogen-bond acceptors (Lipinski definition) is 3. The second-order valence-corrected chi connectivity index (χ2v) is 6.42. The second kappa shape index (κ2) is 5.40. The third-order valence-electron chi connectivity index (χ3n) is 2.41. The average molecular weight is 257 g/mol. The fraction of sp³-hybridized carbons (Fsp3) is 0.500. The highest BCUT2D eigenvalue weighted by Crippen LogP contribution is 2.28. The molecule has 0 amide bonds. The Hall–Kier alpha value is -1.23. The van der Waals surface area contributed by atoms with E-state index >= 15 is 0 Å². The van der Waals surface area contributed by atoms with Crippen LogP contribution in [0.4, 0.5) is 5.69 Å². The number of sulfonamides is 1.